The predicted molar refractivity (Wildman–Crippen MR) is 80.1 cm³/mol. The van der Waals surface area contributed by atoms with E-state index in [0.717, 1.165) is 0 Å². The molecule has 0 aromatic heterocycles. The average molecular weight is 353 g/mol. The monoisotopic (exact) mass is 352 g/mol. The normalized spacial score (nSPS) is 10.0. The summed E-state index contributed by atoms with van der Waals surface area (Å²) in [4.78, 5) is 22.6. The maximum Gasteiger partial charge on any atom is 0.335 e. The number of urea groups is 1. The maximum absolute atomic E-state index is 12.7. The van der Waals surface area contributed by atoms with Crippen LogP contribution in [0.4, 0.5) is 20.6 Å². The molecule has 0 saturated heterocycles. The van der Waals surface area contributed by atoms with Gasteiger partial charge in [-0.05, 0) is 58.4 Å². The van der Waals surface area contributed by atoms with Gasteiger partial charge in [-0.15, -0.1) is 0 Å². The van der Waals surface area contributed by atoms with Crippen molar-refractivity contribution in [2.75, 3.05) is 10.6 Å². The highest BCUT2D eigenvalue weighted by molar-refractivity contribution is 9.10. The van der Waals surface area contributed by atoms with Gasteiger partial charge in [-0.2, -0.15) is 0 Å². The molecule has 0 radical (unpaired) electrons. The molecule has 2 aromatic carbocycles. The van der Waals surface area contributed by atoms with Crippen LogP contribution in [0.2, 0.25) is 0 Å². The first kappa shape index (κ1) is 15.0. The lowest BCUT2D eigenvalue weighted by Gasteiger charge is -2.09. The van der Waals surface area contributed by atoms with E-state index in [0.29, 0.717) is 15.8 Å². The number of aromatic carboxylic acids is 1. The minimum absolute atomic E-state index is 0.103. The summed E-state index contributed by atoms with van der Waals surface area (Å²) in [5.41, 5.74) is 0.957. The summed E-state index contributed by atoms with van der Waals surface area (Å²) in [5, 5.41) is 13.9. The predicted octanol–water partition coefficient (Wildman–Crippen LogP) is 3.93. The SMILES string of the molecule is O=C(Nc1ccc(F)cc1)Nc1ccc(C(=O)O)cc1Br. The van der Waals surface area contributed by atoms with Crippen LogP contribution in [0.1, 0.15) is 10.4 Å². The van der Waals surface area contributed by atoms with Gasteiger partial charge in [0.05, 0.1) is 11.3 Å². The molecule has 2 rings (SSSR count). The van der Waals surface area contributed by atoms with Crippen molar-refractivity contribution in [1.82, 2.24) is 0 Å². The number of nitrogens with one attached hydrogen (secondary N) is 2. The van der Waals surface area contributed by atoms with Crippen molar-refractivity contribution >= 4 is 39.3 Å². The lowest BCUT2D eigenvalue weighted by atomic mass is 10.2. The van der Waals surface area contributed by atoms with Gasteiger partial charge in [-0.1, -0.05) is 0 Å². The molecule has 0 fully saturated rings. The third-order valence-electron chi connectivity index (χ3n) is 2.57. The first-order valence-electron chi connectivity index (χ1n) is 5.82. The highest BCUT2D eigenvalue weighted by Gasteiger charge is 2.09. The van der Waals surface area contributed by atoms with E-state index in [2.05, 4.69) is 26.6 Å². The van der Waals surface area contributed by atoms with Crippen molar-refractivity contribution in [2.24, 2.45) is 0 Å². The molecule has 2 amide bonds. The number of benzene rings is 2. The fourth-order valence-corrected chi connectivity index (χ4v) is 2.05. The maximum atomic E-state index is 12.7. The van der Waals surface area contributed by atoms with Crippen LogP contribution < -0.4 is 10.6 Å². The van der Waals surface area contributed by atoms with Gasteiger partial charge < -0.3 is 15.7 Å². The number of amides is 2. The largest absolute Gasteiger partial charge is 0.478 e. The number of hydrogen-bond acceptors (Lipinski definition) is 2. The number of carboxylic acid groups (broad SMARTS) is 1. The zero-order chi connectivity index (χ0) is 15.4. The number of hydrogen-bond donors (Lipinski definition) is 3. The molecule has 108 valence electrons. The Morgan fingerprint density at radius 2 is 1.71 bits per heavy atom. The standard InChI is InChI=1S/C14H10BrFN2O3/c15-11-7-8(13(19)20)1-6-12(11)18-14(21)17-10-4-2-9(16)3-5-10/h1-7H,(H,19,20)(H2,17,18,21). The molecule has 0 bridgehead atoms. The Kier molecular flexibility index (Phi) is 4.54. The van der Waals surface area contributed by atoms with E-state index in [1.807, 2.05) is 0 Å². The Balaban J connectivity index is 2.06. The van der Waals surface area contributed by atoms with Crippen molar-refractivity contribution in [1.29, 1.82) is 0 Å². The zero-order valence-corrected chi connectivity index (χ0v) is 12.1. The van der Waals surface area contributed by atoms with Crippen LogP contribution >= 0.6 is 15.9 Å². The molecule has 0 aliphatic heterocycles. The molecule has 3 N–H and O–H groups in total. The molecule has 7 heteroatoms. The van der Waals surface area contributed by atoms with E-state index < -0.39 is 17.8 Å². The van der Waals surface area contributed by atoms with Crippen molar-refractivity contribution in [2.45, 2.75) is 0 Å². The van der Waals surface area contributed by atoms with Crippen LogP contribution in [0.25, 0.3) is 0 Å². The lowest BCUT2D eigenvalue weighted by molar-refractivity contribution is 0.0697. The smallest absolute Gasteiger partial charge is 0.335 e. The highest BCUT2D eigenvalue weighted by Crippen LogP contribution is 2.24. The summed E-state index contributed by atoms with van der Waals surface area (Å²) in [5.74, 6) is -1.45. The van der Waals surface area contributed by atoms with Gasteiger partial charge in [0.2, 0.25) is 0 Å². The second kappa shape index (κ2) is 6.36. The first-order valence-corrected chi connectivity index (χ1v) is 6.61. The fraction of sp³-hybridized carbons (Fsp3) is 0. The number of halogens is 2. The van der Waals surface area contributed by atoms with Gasteiger partial charge in [-0.3, -0.25) is 0 Å². The summed E-state index contributed by atoms with van der Waals surface area (Å²) >= 11 is 3.18. The second-order valence-corrected chi connectivity index (χ2v) is 4.94. The number of carbonyl (C=O) groups is 2. The van der Waals surface area contributed by atoms with Crippen LogP contribution in [0, 0.1) is 5.82 Å². The van der Waals surface area contributed by atoms with Gasteiger partial charge in [-0.25, -0.2) is 14.0 Å². The van der Waals surface area contributed by atoms with E-state index in [4.69, 9.17) is 5.11 Å². The van der Waals surface area contributed by atoms with Crippen molar-refractivity contribution in [3.63, 3.8) is 0 Å². The fourth-order valence-electron chi connectivity index (χ4n) is 1.57. The van der Waals surface area contributed by atoms with Crippen LogP contribution in [0.3, 0.4) is 0 Å². The van der Waals surface area contributed by atoms with Crippen molar-refractivity contribution < 1.29 is 19.1 Å². The molecule has 5 nitrogen and oxygen atoms in total. The van der Waals surface area contributed by atoms with E-state index in [1.54, 1.807) is 0 Å². The van der Waals surface area contributed by atoms with Crippen molar-refractivity contribution in [3.8, 4) is 0 Å². The van der Waals surface area contributed by atoms with Crippen LogP contribution in [0.15, 0.2) is 46.9 Å². The number of carboxylic acids is 1. The minimum atomic E-state index is -1.06. The topological polar surface area (TPSA) is 78.4 Å². The molecule has 0 saturated carbocycles. The van der Waals surface area contributed by atoms with Crippen LogP contribution in [-0.2, 0) is 0 Å². The molecule has 2 aromatic rings. The quantitative estimate of drug-likeness (QED) is 0.782. The van der Waals surface area contributed by atoms with E-state index in [9.17, 15) is 14.0 Å². The molecule has 0 aliphatic carbocycles. The number of carbonyl (C=O) groups excluding carboxylic acids is 1. The first-order chi connectivity index (χ1) is 9.95. The van der Waals surface area contributed by atoms with E-state index in [1.165, 1.54) is 42.5 Å². The molecular weight excluding hydrogens is 343 g/mol. The van der Waals surface area contributed by atoms with Gasteiger partial charge in [0.1, 0.15) is 5.82 Å². The molecule has 0 heterocycles. The molecule has 0 spiro atoms. The van der Waals surface area contributed by atoms with Crippen molar-refractivity contribution in [3.05, 3.63) is 58.3 Å². The van der Waals surface area contributed by atoms with Gasteiger partial charge >= 0.3 is 12.0 Å². The summed E-state index contributed by atoms with van der Waals surface area (Å²) in [6.07, 6.45) is 0. The molecule has 0 aliphatic rings. The third kappa shape index (κ3) is 4.03. The summed E-state index contributed by atoms with van der Waals surface area (Å²) < 4.78 is 13.2. The summed E-state index contributed by atoms with van der Waals surface area (Å²) in [6, 6.07) is 9.02. The average Bonchev–Trinajstić information content (AvgIpc) is 2.43. The third-order valence-corrected chi connectivity index (χ3v) is 3.22. The number of anilines is 2. The molecule has 0 unspecified atom stereocenters. The molecule has 21 heavy (non-hydrogen) atoms. The van der Waals surface area contributed by atoms with Crippen LogP contribution in [-0.4, -0.2) is 17.1 Å². The van der Waals surface area contributed by atoms with E-state index in [-0.39, 0.29) is 5.56 Å². The summed E-state index contributed by atoms with van der Waals surface area (Å²) in [7, 11) is 0. The molecule has 0 atom stereocenters. The Morgan fingerprint density at radius 1 is 1.05 bits per heavy atom. The zero-order valence-electron chi connectivity index (χ0n) is 10.6. The summed E-state index contributed by atoms with van der Waals surface area (Å²) in [6.45, 7) is 0. The molecular formula is C14H10BrFN2O3. The van der Waals surface area contributed by atoms with E-state index >= 15 is 0 Å². The minimum Gasteiger partial charge on any atom is -0.478 e. The Morgan fingerprint density at radius 3 is 2.29 bits per heavy atom. The highest BCUT2D eigenvalue weighted by atomic mass is 79.9. The van der Waals surface area contributed by atoms with Crippen LogP contribution in [0.5, 0.6) is 0 Å². The Bertz CT molecular complexity index is 689. The van der Waals surface area contributed by atoms with Gasteiger partial charge in [0.15, 0.2) is 0 Å². The Hall–Kier alpha value is -2.41. The number of rotatable bonds is 3. The van der Waals surface area contributed by atoms with Gasteiger partial charge in [0, 0.05) is 10.2 Å². The Labute approximate surface area is 127 Å². The van der Waals surface area contributed by atoms with Gasteiger partial charge in [0.25, 0.3) is 0 Å². The lowest BCUT2D eigenvalue weighted by Crippen LogP contribution is -2.19. The second-order valence-electron chi connectivity index (χ2n) is 4.09.